The minimum atomic E-state index is -0.220. The lowest BCUT2D eigenvalue weighted by Crippen LogP contribution is -1.93. The minimum absolute atomic E-state index is 0.220. The second-order valence-corrected chi connectivity index (χ2v) is 5.96. The molecule has 0 atom stereocenters. The Bertz CT molecular complexity index is 762. The Kier molecular flexibility index (Phi) is 5.32. The van der Waals surface area contributed by atoms with Gasteiger partial charge in [0.05, 0.1) is 0 Å². The molecule has 0 radical (unpaired) electrons. The van der Waals surface area contributed by atoms with Crippen molar-refractivity contribution in [1.82, 2.24) is 9.97 Å². The van der Waals surface area contributed by atoms with Crippen LogP contribution in [0, 0.1) is 5.82 Å². The molecule has 0 spiro atoms. The zero-order valence-corrected chi connectivity index (χ0v) is 13.9. The normalized spacial score (nSPS) is 10.8. The molecule has 1 heterocycles. The lowest BCUT2D eigenvalue weighted by atomic mass is 10.0. The van der Waals surface area contributed by atoms with Crippen molar-refractivity contribution >= 4 is 0 Å². The molecule has 2 aromatic carbocycles. The van der Waals surface area contributed by atoms with E-state index in [9.17, 15) is 4.39 Å². The van der Waals surface area contributed by atoms with Crippen LogP contribution in [-0.4, -0.2) is 9.97 Å². The van der Waals surface area contributed by atoms with Gasteiger partial charge in [-0.3, -0.25) is 0 Å². The van der Waals surface area contributed by atoms with Crippen LogP contribution in [0.25, 0.3) is 22.5 Å². The van der Waals surface area contributed by atoms with E-state index in [1.54, 1.807) is 12.1 Å². The van der Waals surface area contributed by atoms with Crippen LogP contribution in [0.15, 0.2) is 60.9 Å². The van der Waals surface area contributed by atoms with Crippen molar-refractivity contribution < 1.29 is 4.39 Å². The van der Waals surface area contributed by atoms with E-state index in [1.165, 1.54) is 37.0 Å². The number of hydrogen-bond acceptors (Lipinski definition) is 2. The molecular weight excluding hydrogens is 299 g/mol. The summed E-state index contributed by atoms with van der Waals surface area (Å²) in [6.07, 6.45) is 8.53. The molecule has 0 bridgehead atoms. The third kappa shape index (κ3) is 4.05. The van der Waals surface area contributed by atoms with Gasteiger partial charge in [-0.25, -0.2) is 14.4 Å². The lowest BCUT2D eigenvalue weighted by molar-refractivity contribution is 0.628. The van der Waals surface area contributed by atoms with Crippen molar-refractivity contribution in [3.8, 4) is 22.5 Å². The van der Waals surface area contributed by atoms with E-state index in [0.29, 0.717) is 0 Å². The number of unbranched alkanes of at least 4 members (excludes halogenated alkanes) is 2. The quantitative estimate of drug-likeness (QED) is 0.546. The second kappa shape index (κ2) is 7.82. The van der Waals surface area contributed by atoms with Gasteiger partial charge in [0, 0.05) is 18.0 Å². The lowest BCUT2D eigenvalue weighted by Gasteiger charge is -2.05. The Labute approximate surface area is 142 Å². The molecule has 24 heavy (non-hydrogen) atoms. The molecule has 1 aromatic heterocycles. The fourth-order valence-electron chi connectivity index (χ4n) is 2.67. The second-order valence-electron chi connectivity index (χ2n) is 5.96. The van der Waals surface area contributed by atoms with E-state index in [4.69, 9.17) is 0 Å². The fraction of sp³-hybridized carbons (Fsp3) is 0.238. The Morgan fingerprint density at radius 1 is 0.750 bits per heavy atom. The highest BCUT2D eigenvalue weighted by atomic mass is 19.1. The molecule has 0 N–H and O–H groups in total. The Morgan fingerprint density at radius 3 is 1.88 bits per heavy atom. The summed E-state index contributed by atoms with van der Waals surface area (Å²) < 4.78 is 13.0. The molecule has 0 saturated carbocycles. The van der Waals surface area contributed by atoms with Crippen molar-refractivity contribution in [1.29, 1.82) is 0 Å². The fourth-order valence-corrected chi connectivity index (χ4v) is 2.67. The average molecular weight is 320 g/mol. The summed E-state index contributed by atoms with van der Waals surface area (Å²) in [7, 11) is 0. The number of aromatic nitrogens is 2. The molecule has 122 valence electrons. The number of nitrogens with zero attached hydrogens (tertiary/aromatic N) is 2. The number of aryl methyl sites for hydroxylation is 1. The largest absolute Gasteiger partial charge is 0.236 e. The molecule has 0 fully saturated rings. The van der Waals surface area contributed by atoms with Gasteiger partial charge in [0.1, 0.15) is 5.82 Å². The predicted octanol–water partition coefficient (Wildman–Crippen LogP) is 5.68. The first-order valence-electron chi connectivity index (χ1n) is 8.43. The summed E-state index contributed by atoms with van der Waals surface area (Å²) in [5.74, 6) is 0.516. The third-order valence-corrected chi connectivity index (χ3v) is 4.09. The summed E-state index contributed by atoms with van der Waals surface area (Å²) in [5.41, 5.74) is 4.22. The molecule has 3 aromatic rings. The summed E-state index contributed by atoms with van der Waals surface area (Å²) >= 11 is 0. The summed E-state index contributed by atoms with van der Waals surface area (Å²) in [4.78, 5) is 8.96. The van der Waals surface area contributed by atoms with Gasteiger partial charge >= 0.3 is 0 Å². The highest BCUT2D eigenvalue weighted by Gasteiger charge is 2.03. The van der Waals surface area contributed by atoms with Gasteiger partial charge in [-0.2, -0.15) is 0 Å². The van der Waals surface area contributed by atoms with Crippen molar-refractivity contribution in [2.24, 2.45) is 0 Å². The first kappa shape index (κ1) is 16.3. The van der Waals surface area contributed by atoms with E-state index in [2.05, 4.69) is 16.9 Å². The van der Waals surface area contributed by atoms with E-state index in [1.807, 2.05) is 36.7 Å². The first-order valence-corrected chi connectivity index (χ1v) is 8.43. The third-order valence-electron chi connectivity index (χ3n) is 4.09. The maximum absolute atomic E-state index is 13.0. The Balaban J connectivity index is 1.72. The molecule has 0 aliphatic rings. The van der Waals surface area contributed by atoms with Crippen LogP contribution in [0.2, 0.25) is 0 Å². The van der Waals surface area contributed by atoms with Gasteiger partial charge in [0.15, 0.2) is 5.82 Å². The van der Waals surface area contributed by atoms with Crippen molar-refractivity contribution in [3.05, 3.63) is 72.3 Å². The van der Waals surface area contributed by atoms with Gasteiger partial charge in [-0.05, 0) is 41.7 Å². The Hall–Kier alpha value is -2.55. The molecule has 3 rings (SSSR count). The molecule has 0 amide bonds. The highest BCUT2D eigenvalue weighted by molar-refractivity contribution is 5.67. The van der Waals surface area contributed by atoms with Crippen LogP contribution in [0.4, 0.5) is 4.39 Å². The van der Waals surface area contributed by atoms with Crippen molar-refractivity contribution in [2.75, 3.05) is 0 Å². The molecule has 0 aliphatic carbocycles. The minimum Gasteiger partial charge on any atom is -0.236 e. The number of rotatable bonds is 6. The number of benzene rings is 2. The van der Waals surface area contributed by atoms with Crippen LogP contribution in [0.1, 0.15) is 31.7 Å². The zero-order chi connectivity index (χ0) is 16.8. The van der Waals surface area contributed by atoms with Gasteiger partial charge in [-0.15, -0.1) is 0 Å². The molecular formula is C21H21FN2. The van der Waals surface area contributed by atoms with E-state index in [-0.39, 0.29) is 5.82 Å². The van der Waals surface area contributed by atoms with E-state index in [0.717, 1.165) is 28.9 Å². The van der Waals surface area contributed by atoms with Gasteiger partial charge in [0.2, 0.25) is 0 Å². The summed E-state index contributed by atoms with van der Waals surface area (Å²) in [6.45, 7) is 2.20. The number of hydrogen-bond donors (Lipinski definition) is 0. The van der Waals surface area contributed by atoms with Crippen LogP contribution in [0.5, 0.6) is 0 Å². The van der Waals surface area contributed by atoms with E-state index >= 15 is 0 Å². The van der Waals surface area contributed by atoms with Gasteiger partial charge in [-0.1, -0.05) is 56.2 Å². The van der Waals surface area contributed by atoms with Gasteiger partial charge in [0.25, 0.3) is 0 Å². The summed E-state index contributed by atoms with van der Waals surface area (Å²) in [5, 5.41) is 0. The predicted molar refractivity (Wildman–Crippen MR) is 96.1 cm³/mol. The Morgan fingerprint density at radius 2 is 1.29 bits per heavy atom. The highest BCUT2D eigenvalue weighted by Crippen LogP contribution is 2.23. The van der Waals surface area contributed by atoms with Crippen LogP contribution in [-0.2, 0) is 6.42 Å². The first-order chi connectivity index (χ1) is 11.8. The summed E-state index contributed by atoms with van der Waals surface area (Å²) in [6, 6.07) is 14.6. The van der Waals surface area contributed by atoms with Crippen molar-refractivity contribution in [2.45, 2.75) is 32.6 Å². The number of halogens is 1. The van der Waals surface area contributed by atoms with Crippen LogP contribution in [0.3, 0.4) is 0 Å². The molecule has 0 aliphatic heterocycles. The van der Waals surface area contributed by atoms with Crippen LogP contribution >= 0.6 is 0 Å². The SMILES string of the molecule is CCCCCc1cnc(-c2ccc(-c3ccc(F)cc3)cc2)nc1. The molecule has 3 heteroatoms. The molecule has 0 unspecified atom stereocenters. The van der Waals surface area contributed by atoms with Crippen LogP contribution < -0.4 is 0 Å². The standard InChI is InChI=1S/C21H21FN2/c1-2-3-4-5-16-14-23-21(24-15-16)19-8-6-17(7-9-19)18-10-12-20(22)13-11-18/h6-15H,2-5H2,1H3. The maximum atomic E-state index is 13.0. The average Bonchev–Trinajstić information content (AvgIpc) is 2.63. The zero-order valence-electron chi connectivity index (χ0n) is 13.9. The van der Waals surface area contributed by atoms with E-state index < -0.39 is 0 Å². The molecule has 0 saturated heterocycles. The topological polar surface area (TPSA) is 25.8 Å². The smallest absolute Gasteiger partial charge is 0.159 e. The molecule has 2 nitrogen and oxygen atoms in total. The monoisotopic (exact) mass is 320 g/mol. The maximum Gasteiger partial charge on any atom is 0.159 e. The van der Waals surface area contributed by atoms with Crippen molar-refractivity contribution in [3.63, 3.8) is 0 Å². The van der Waals surface area contributed by atoms with Gasteiger partial charge < -0.3 is 0 Å².